The second-order valence-corrected chi connectivity index (χ2v) is 6.67. The van der Waals surface area contributed by atoms with Gasteiger partial charge in [-0.1, -0.05) is 11.8 Å². The number of hydrogen-bond acceptors (Lipinski definition) is 5. The predicted octanol–water partition coefficient (Wildman–Crippen LogP) is 1.70. The lowest BCUT2D eigenvalue weighted by Gasteiger charge is -2.32. The number of hydrogen-bond donors (Lipinski definition) is 1. The first-order chi connectivity index (χ1) is 6.72. The average molecular weight is 227 g/mol. The van der Waals surface area contributed by atoms with Crippen LogP contribution in [0, 0.1) is 0 Å². The lowest BCUT2D eigenvalue weighted by Crippen LogP contribution is -2.50. The largest absolute Gasteiger partial charge is 0.281 e. The van der Waals surface area contributed by atoms with E-state index in [9.17, 15) is 0 Å². The molecular formula is C9H13N3S2. The minimum Gasteiger partial charge on any atom is -0.281 e. The molecule has 0 aromatic heterocycles. The van der Waals surface area contributed by atoms with Gasteiger partial charge in [0, 0.05) is 5.25 Å². The fourth-order valence-electron chi connectivity index (χ4n) is 2.24. The molecule has 1 N–H and O–H groups in total. The molecule has 3 aliphatic heterocycles. The van der Waals surface area contributed by atoms with Crippen LogP contribution in [-0.4, -0.2) is 32.9 Å². The Morgan fingerprint density at radius 1 is 1.21 bits per heavy atom. The molecule has 5 heteroatoms. The molecule has 1 fully saturated rings. The van der Waals surface area contributed by atoms with Crippen molar-refractivity contribution in [2.24, 2.45) is 9.98 Å². The lowest BCUT2D eigenvalue weighted by atomic mass is 10.1. The van der Waals surface area contributed by atoms with Gasteiger partial charge in [0.25, 0.3) is 0 Å². The molecule has 0 aliphatic carbocycles. The lowest BCUT2D eigenvalue weighted by molar-refractivity contribution is 0.374. The third-order valence-electron chi connectivity index (χ3n) is 2.80. The summed E-state index contributed by atoms with van der Waals surface area (Å²) in [5, 5.41) is 7.11. The van der Waals surface area contributed by atoms with Gasteiger partial charge in [0.2, 0.25) is 0 Å². The van der Waals surface area contributed by atoms with Gasteiger partial charge in [-0.3, -0.25) is 15.3 Å². The number of nitrogens with one attached hydrogen (secondary N) is 1. The highest BCUT2D eigenvalue weighted by molar-refractivity contribution is 8.15. The van der Waals surface area contributed by atoms with E-state index in [0.717, 1.165) is 0 Å². The topological polar surface area (TPSA) is 36.8 Å². The van der Waals surface area contributed by atoms with Crippen LogP contribution in [0.25, 0.3) is 0 Å². The van der Waals surface area contributed by atoms with E-state index in [2.05, 4.69) is 29.1 Å². The van der Waals surface area contributed by atoms with Crippen molar-refractivity contribution < 1.29 is 0 Å². The molecule has 3 heterocycles. The molecule has 0 aromatic carbocycles. The van der Waals surface area contributed by atoms with E-state index in [-0.39, 0.29) is 0 Å². The second kappa shape index (κ2) is 3.25. The molecule has 14 heavy (non-hydrogen) atoms. The van der Waals surface area contributed by atoms with Crippen LogP contribution in [0.4, 0.5) is 0 Å². The fraction of sp³-hybridized carbons (Fsp3) is 0.778. The molecule has 3 aliphatic rings. The van der Waals surface area contributed by atoms with Crippen LogP contribution in [0.1, 0.15) is 20.3 Å². The van der Waals surface area contributed by atoms with Gasteiger partial charge in [-0.2, -0.15) is 0 Å². The molecule has 0 aromatic rings. The van der Waals surface area contributed by atoms with Crippen molar-refractivity contribution in [3.05, 3.63) is 0 Å². The quantitative estimate of drug-likeness (QED) is 0.684. The molecule has 0 amide bonds. The monoisotopic (exact) mass is 227 g/mol. The van der Waals surface area contributed by atoms with Crippen molar-refractivity contribution in [1.29, 1.82) is 0 Å². The van der Waals surface area contributed by atoms with Gasteiger partial charge in [-0.05, 0) is 20.3 Å². The Bertz CT molecular complexity index is 294. The van der Waals surface area contributed by atoms with Crippen LogP contribution in [0.2, 0.25) is 0 Å². The molecule has 76 valence electrons. The van der Waals surface area contributed by atoms with Crippen LogP contribution in [0.15, 0.2) is 9.98 Å². The van der Waals surface area contributed by atoms with Gasteiger partial charge in [-0.15, -0.1) is 11.8 Å². The number of aliphatic imine (C=N–C) groups is 2. The fourth-order valence-corrected chi connectivity index (χ4v) is 4.51. The molecule has 0 bridgehead atoms. The molecule has 3 rings (SSSR count). The Labute approximate surface area is 92.2 Å². The Kier molecular flexibility index (Phi) is 2.15. The van der Waals surface area contributed by atoms with Gasteiger partial charge >= 0.3 is 0 Å². The summed E-state index contributed by atoms with van der Waals surface area (Å²) in [6.07, 6.45) is 1.52. The number of rotatable bonds is 0. The highest BCUT2D eigenvalue weighted by Gasteiger charge is 2.42. The zero-order valence-corrected chi connectivity index (χ0v) is 9.86. The summed E-state index contributed by atoms with van der Waals surface area (Å²) in [7, 11) is 0. The molecule has 4 unspecified atom stereocenters. The van der Waals surface area contributed by atoms with E-state index in [0.29, 0.717) is 22.8 Å². The van der Waals surface area contributed by atoms with Crippen LogP contribution < -0.4 is 5.32 Å². The molecule has 4 atom stereocenters. The normalized spacial score (nSPS) is 45.6. The van der Waals surface area contributed by atoms with Crippen LogP contribution in [0.5, 0.6) is 0 Å². The molecule has 0 radical (unpaired) electrons. The Morgan fingerprint density at radius 3 is 2.86 bits per heavy atom. The minimum atomic E-state index is 0.342. The maximum absolute atomic E-state index is 4.65. The highest BCUT2D eigenvalue weighted by atomic mass is 32.2. The molecule has 3 nitrogen and oxygen atoms in total. The summed E-state index contributed by atoms with van der Waals surface area (Å²) < 4.78 is 0. The molecular weight excluding hydrogens is 214 g/mol. The zero-order chi connectivity index (χ0) is 9.71. The number of piperidine rings is 1. The molecule has 1 saturated heterocycles. The third-order valence-corrected chi connectivity index (χ3v) is 5.15. The number of nitrogens with zero attached hydrogens (tertiary/aromatic N) is 2. The first-order valence-corrected chi connectivity index (χ1v) is 6.66. The van der Waals surface area contributed by atoms with E-state index in [1.165, 1.54) is 16.5 Å². The van der Waals surface area contributed by atoms with E-state index in [1.54, 1.807) is 0 Å². The first-order valence-electron chi connectivity index (χ1n) is 4.90. The number of thioether (sulfide) groups is 2. The van der Waals surface area contributed by atoms with Crippen molar-refractivity contribution in [2.45, 2.75) is 43.1 Å². The van der Waals surface area contributed by atoms with Crippen molar-refractivity contribution in [1.82, 2.24) is 5.32 Å². The van der Waals surface area contributed by atoms with Gasteiger partial charge < -0.3 is 0 Å². The third kappa shape index (κ3) is 1.42. The van der Waals surface area contributed by atoms with Crippen molar-refractivity contribution in [3.8, 4) is 0 Å². The summed E-state index contributed by atoms with van der Waals surface area (Å²) in [5.41, 5.74) is 0. The van der Waals surface area contributed by atoms with Crippen molar-refractivity contribution >= 4 is 33.6 Å². The van der Waals surface area contributed by atoms with Crippen molar-refractivity contribution in [3.63, 3.8) is 0 Å². The minimum absolute atomic E-state index is 0.342. The maximum atomic E-state index is 4.65. The van der Waals surface area contributed by atoms with Gasteiger partial charge in [0.15, 0.2) is 0 Å². The predicted molar refractivity (Wildman–Crippen MR) is 64.3 cm³/mol. The van der Waals surface area contributed by atoms with Crippen LogP contribution in [0.3, 0.4) is 0 Å². The van der Waals surface area contributed by atoms with E-state index >= 15 is 0 Å². The zero-order valence-electron chi connectivity index (χ0n) is 8.23. The first kappa shape index (κ1) is 9.24. The average Bonchev–Trinajstić information content (AvgIpc) is 2.59. The van der Waals surface area contributed by atoms with E-state index in [1.807, 2.05) is 23.5 Å². The molecule has 0 spiro atoms. The summed E-state index contributed by atoms with van der Waals surface area (Å²) in [4.78, 5) is 9.25. The standard InChI is InChI=1S/C9H13N3S2/c1-4-10-6-3-7-8(11-5(2)13-7)12-9(6)14-4/h6-9,12H,3H2,1-2H3. The Balaban J connectivity index is 1.78. The van der Waals surface area contributed by atoms with Crippen LogP contribution in [-0.2, 0) is 0 Å². The maximum Gasteiger partial charge on any atom is 0.114 e. The van der Waals surface area contributed by atoms with Gasteiger partial charge in [0.05, 0.1) is 21.5 Å². The van der Waals surface area contributed by atoms with E-state index < -0.39 is 0 Å². The summed E-state index contributed by atoms with van der Waals surface area (Å²) in [6.45, 7) is 4.20. The summed E-state index contributed by atoms with van der Waals surface area (Å²) in [5.74, 6) is 0. The van der Waals surface area contributed by atoms with Gasteiger partial charge in [-0.25, -0.2) is 0 Å². The number of fused-ring (bicyclic) bond motifs is 2. The van der Waals surface area contributed by atoms with E-state index in [4.69, 9.17) is 0 Å². The Morgan fingerprint density at radius 2 is 2.00 bits per heavy atom. The molecule has 0 saturated carbocycles. The second-order valence-electron chi connectivity index (χ2n) is 3.91. The van der Waals surface area contributed by atoms with Crippen molar-refractivity contribution in [2.75, 3.05) is 0 Å². The van der Waals surface area contributed by atoms with Crippen LogP contribution >= 0.6 is 23.5 Å². The summed E-state index contributed by atoms with van der Waals surface area (Å²) in [6, 6.07) is 0.481. The highest BCUT2D eigenvalue weighted by Crippen LogP contribution is 2.39. The van der Waals surface area contributed by atoms with Gasteiger partial charge in [0.1, 0.15) is 6.17 Å². The smallest absolute Gasteiger partial charge is 0.114 e. The Hall–Kier alpha value is -0.0000000000000000555. The summed E-state index contributed by atoms with van der Waals surface area (Å²) >= 11 is 3.77. The SMILES string of the molecule is CC1=NC2NC3SC(C)=NC3CC2S1.